The summed E-state index contributed by atoms with van der Waals surface area (Å²) in [4.78, 5) is 11.8. The molecule has 0 aromatic heterocycles. The van der Waals surface area contributed by atoms with Crippen LogP contribution in [-0.2, 0) is 4.79 Å². The molecule has 1 aliphatic rings. The van der Waals surface area contributed by atoms with Gasteiger partial charge in [0.1, 0.15) is 11.5 Å². The van der Waals surface area contributed by atoms with Gasteiger partial charge in [-0.25, -0.2) is 0 Å². The first-order valence-corrected chi connectivity index (χ1v) is 5.80. The van der Waals surface area contributed by atoms with E-state index in [1.165, 1.54) is 13.2 Å². The van der Waals surface area contributed by atoms with E-state index in [4.69, 9.17) is 4.74 Å². The van der Waals surface area contributed by atoms with Gasteiger partial charge in [0.05, 0.1) is 12.7 Å². The fourth-order valence-corrected chi connectivity index (χ4v) is 1.84. The van der Waals surface area contributed by atoms with Crippen molar-refractivity contribution in [3.63, 3.8) is 0 Å². The molecular formula is C14H14O6. The zero-order chi connectivity index (χ0) is 14.9. The number of Topliss-reactive ketones (excluding diaryl/α,β-unsaturated/α-hetero) is 1. The van der Waals surface area contributed by atoms with Crippen LogP contribution in [0.2, 0.25) is 0 Å². The van der Waals surface area contributed by atoms with Crippen molar-refractivity contribution in [2.45, 2.75) is 11.9 Å². The number of methoxy groups -OCH3 is 1. The number of rotatable bonds is 2. The standard InChI is InChI=1S/C14H14O6/c1-20-9-4-2-3-8(7-9)11(15)10-5-6-14(18,19)13(17)12(10)16/h2-7,13,15,17-19H,1H3. The average Bonchev–Trinajstić information content (AvgIpc) is 2.44. The number of aliphatic hydroxyl groups excluding tert-OH is 2. The second-order valence-electron chi connectivity index (χ2n) is 4.38. The minimum absolute atomic E-state index is 0.204. The minimum Gasteiger partial charge on any atom is -0.507 e. The molecule has 0 heterocycles. The van der Waals surface area contributed by atoms with Crippen LogP contribution in [0.4, 0.5) is 0 Å². The van der Waals surface area contributed by atoms with Crippen molar-refractivity contribution in [1.29, 1.82) is 0 Å². The third-order valence-corrected chi connectivity index (χ3v) is 3.01. The fraction of sp³-hybridized carbons (Fsp3) is 0.214. The molecule has 0 amide bonds. The van der Waals surface area contributed by atoms with Crippen LogP contribution in [0, 0.1) is 0 Å². The Kier molecular flexibility index (Phi) is 3.63. The first-order valence-electron chi connectivity index (χ1n) is 5.80. The third kappa shape index (κ3) is 2.44. The first-order chi connectivity index (χ1) is 9.36. The van der Waals surface area contributed by atoms with Gasteiger partial charge in [0.2, 0.25) is 11.6 Å². The van der Waals surface area contributed by atoms with Crippen molar-refractivity contribution in [3.8, 4) is 5.75 Å². The first kappa shape index (κ1) is 14.3. The van der Waals surface area contributed by atoms with Crippen molar-refractivity contribution >= 4 is 11.5 Å². The number of hydrogen-bond acceptors (Lipinski definition) is 6. The SMILES string of the molecule is COc1cccc(C(O)=C2C=CC(O)(O)C(O)C2=O)c1. The molecule has 0 radical (unpaired) electrons. The molecule has 6 nitrogen and oxygen atoms in total. The third-order valence-electron chi connectivity index (χ3n) is 3.01. The number of benzene rings is 1. The molecular weight excluding hydrogens is 264 g/mol. The van der Waals surface area contributed by atoms with Crippen molar-refractivity contribution in [2.24, 2.45) is 0 Å². The average molecular weight is 278 g/mol. The van der Waals surface area contributed by atoms with Crippen LogP contribution < -0.4 is 4.74 Å². The van der Waals surface area contributed by atoms with Crippen LogP contribution in [-0.4, -0.2) is 45.2 Å². The van der Waals surface area contributed by atoms with Crippen molar-refractivity contribution in [3.05, 3.63) is 47.6 Å². The van der Waals surface area contributed by atoms with Crippen LogP contribution in [0.1, 0.15) is 5.56 Å². The summed E-state index contributed by atoms with van der Waals surface area (Å²) in [6, 6.07) is 6.36. The lowest BCUT2D eigenvalue weighted by Crippen LogP contribution is -2.48. The zero-order valence-corrected chi connectivity index (χ0v) is 10.6. The molecule has 2 rings (SSSR count). The number of ketones is 1. The van der Waals surface area contributed by atoms with E-state index in [0.717, 1.165) is 12.2 Å². The summed E-state index contributed by atoms with van der Waals surface area (Å²) >= 11 is 0. The molecule has 0 fully saturated rings. The Hall–Kier alpha value is -2.15. The van der Waals surface area contributed by atoms with Gasteiger partial charge in [-0.15, -0.1) is 0 Å². The van der Waals surface area contributed by atoms with E-state index in [9.17, 15) is 25.2 Å². The molecule has 6 heteroatoms. The van der Waals surface area contributed by atoms with E-state index >= 15 is 0 Å². The van der Waals surface area contributed by atoms with E-state index in [-0.39, 0.29) is 11.3 Å². The highest BCUT2D eigenvalue weighted by Gasteiger charge is 2.41. The predicted octanol–water partition coefficient (Wildman–Crippen LogP) is 0.145. The van der Waals surface area contributed by atoms with Crippen LogP contribution in [0.15, 0.2) is 42.0 Å². The Morgan fingerprint density at radius 3 is 2.70 bits per heavy atom. The summed E-state index contributed by atoms with van der Waals surface area (Å²) in [5.74, 6) is -3.49. The molecule has 0 saturated heterocycles. The molecule has 0 spiro atoms. The smallest absolute Gasteiger partial charge is 0.217 e. The van der Waals surface area contributed by atoms with Gasteiger partial charge < -0.3 is 25.2 Å². The molecule has 1 aromatic carbocycles. The van der Waals surface area contributed by atoms with E-state index in [2.05, 4.69) is 0 Å². The molecule has 1 unspecified atom stereocenters. The quantitative estimate of drug-likeness (QED) is 0.348. The molecule has 1 aromatic rings. The van der Waals surface area contributed by atoms with Crippen molar-refractivity contribution in [1.82, 2.24) is 0 Å². The molecule has 1 atom stereocenters. The number of aliphatic hydroxyl groups is 4. The van der Waals surface area contributed by atoms with E-state index in [1.807, 2.05) is 0 Å². The maximum Gasteiger partial charge on any atom is 0.217 e. The minimum atomic E-state index is -2.63. The number of allylic oxidation sites excluding steroid dienone is 1. The number of carbonyl (C=O) groups is 1. The second-order valence-corrected chi connectivity index (χ2v) is 4.38. The van der Waals surface area contributed by atoms with Crippen LogP contribution >= 0.6 is 0 Å². The van der Waals surface area contributed by atoms with E-state index in [0.29, 0.717) is 11.3 Å². The Balaban J connectivity index is 2.49. The van der Waals surface area contributed by atoms with Gasteiger partial charge in [-0.05, 0) is 24.3 Å². The topological polar surface area (TPSA) is 107 Å². The Labute approximate surface area is 114 Å². The zero-order valence-electron chi connectivity index (χ0n) is 10.6. The number of carbonyl (C=O) groups excluding carboxylic acids is 1. The normalized spacial score (nSPS) is 23.6. The number of hydrogen-bond donors (Lipinski definition) is 4. The highest BCUT2D eigenvalue weighted by molar-refractivity contribution is 6.08. The Morgan fingerprint density at radius 1 is 1.35 bits per heavy atom. The van der Waals surface area contributed by atoms with Gasteiger partial charge in [0.25, 0.3) is 0 Å². The molecule has 20 heavy (non-hydrogen) atoms. The summed E-state index contributed by atoms with van der Waals surface area (Å²) < 4.78 is 5.01. The summed E-state index contributed by atoms with van der Waals surface area (Å²) in [7, 11) is 1.46. The molecule has 0 saturated carbocycles. The molecule has 0 aliphatic heterocycles. The lowest BCUT2D eigenvalue weighted by Gasteiger charge is -2.27. The maximum absolute atomic E-state index is 11.8. The lowest BCUT2D eigenvalue weighted by molar-refractivity contribution is -0.191. The van der Waals surface area contributed by atoms with Crippen LogP contribution in [0.25, 0.3) is 5.76 Å². The highest BCUT2D eigenvalue weighted by atomic mass is 16.5. The molecule has 1 aliphatic carbocycles. The predicted molar refractivity (Wildman–Crippen MR) is 69.9 cm³/mol. The largest absolute Gasteiger partial charge is 0.507 e. The van der Waals surface area contributed by atoms with Gasteiger partial charge in [0.15, 0.2) is 6.10 Å². The second kappa shape index (κ2) is 5.09. The molecule has 0 bridgehead atoms. The Morgan fingerprint density at radius 2 is 2.05 bits per heavy atom. The number of ether oxygens (including phenoxy) is 1. The van der Waals surface area contributed by atoms with E-state index in [1.54, 1.807) is 18.2 Å². The van der Waals surface area contributed by atoms with Gasteiger partial charge in [-0.3, -0.25) is 4.79 Å². The molecule has 4 N–H and O–H groups in total. The molecule has 106 valence electrons. The fourth-order valence-electron chi connectivity index (χ4n) is 1.84. The van der Waals surface area contributed by atoms with Gasteiger partial charge in [0, 0.05) is 5.56 Å². The van der Waals surface area contributed by atoms with Gasteiger partial charge in [-0.2, -0.15) is 0 Å². The van der Waals surface area contributed by atoms with E-state index < -0.39 is 17.7 Å². The lowest BCUT2D eigenvalue weighted by atomic mass is 9.90. The Bertz CT molecular complexity index is 599. The highest BCUT2D eigenvalue weighted by Crippen LogP contribution is 2.27. The summed E-state index contributed by atoms with van der Waals surface area (Å²) in [5.41, 5.74) is 0.109. The van der Waals surface area contributed by atoms with Crippen molar-refractivity contribution < 1.29 is 30.0 Å². The monoisotopic (exact) mass is 278 g/mol. The summed E-state index contributed by atoms with van der Waals surface area (Å²) in [5, 5.41) is 38.3. The van der Waals surface area contributed by atoms with Crippen LogP contribution in [0.5, 0.6) is 5.75 Å². The van der Waals surface area contributed by atoms with Crippen molar-refractivity contribution in [2.75, 3.05) is 7.11 Å². The van der Waals surface area contributed by atoms with Gasteiger partial charge in [-0.1, -0.05) is 12.1 Å². The summed E-state index contributed by atoms with van der Waals surface area (Å²) in [6.07, 6.45) is -0.149. The summed E-state index contributed by atoms with van der Waals surface area (Å²) in [6.45, 7) is 0. The maximum atomic E-state index is 11.8. The van der Waals surface area contributed by atoms with Gasteiger partial charge >= 0.3 is 0 Å². The van der Waals surface area contributed by atoms with Crippen LogP contribution in [0.3, 0.4) is 0 Å².